The molecule has 0 aliphatic rings. The van der Waals surface area contributed by atoms with Crippen molar-refractivity contribution in [3.63, 3.8) is 0 Å². The number of carbonyl (C=O) groups is 3. The normalized spacial score (nSPS) is 12.2. The highest BCUT2D eigenvalue weighted by Gasteiger charge is 2.19. The first-order chi connectivity index (χ1) is 32.5. The molecule has 66 heavy (non-hydrogen) atoms. The molecule has 0 aromatic heterocycles. The van der Waals surface area contributed by atoms with Crippen molar-refractivity contribution in [2.45, 2.75) is 316 Å². The molecular weight excluding hydrogens is 817 g/mol. The van der Waals surface area contributed by atoms with Gasteiger partial charge in [-0.3, -0.25) is 14.4 Å². The summed E-state index contributed by atoms with van der Waals surface area (Å²) in [7, 11) is 0. The van der Waals surface area contributed by atoms with Crippen molar-refractivity contribution in [1.82, 2.24) is 0 Å². The Morgan fingerprint density at radius 1 is 0.303 bits per heavy atom. The fourth-order valence-electron chi connectivity index (χ4n) is 8.47. The van der Waals surface area contributed by atoms with E-state index in [9.17, 15) is 14.4 Å². The van der Waals surface area contributed by atoms with Crippen LogP contribution in [0.2, 0.25) is 0 Å². The Morgan fingerprint density at radius 3 is 0.879 bits per heavy atom. The molecule has 6 heteroatoms. The van der Waals surface area contributed by atoms with Gasteiger partial charge >= 0.3 is 17.9 Å². The summed E-state index contributed by atoms with van der Waals surface area (Å²) in [4.78, 5) is 38.1. The summed E-state index contributed by atoms with van der Waals surface area (Å²) in [5.74, 6) is -0.873. The van der Waals surface area contributed by atoms with Gasteiger partial charge in [-0.2, -0.15) is 0 Å². The van der Waals surface area contributed by atoms with E-state index < -0.39 is 6.10 Å². The highest BCUT2D eigenvalue weighted by Crippen LogP contribution is 2.16. The summed E-state index contributed by atoms with van der Waals surface area (Å²) in [6.07, 6.45) is 65.6. The Kier molecular flexibility index (Phi) is 53.2. The van der Waals surface area contributed by atoms with Crippen LogP contribution in [-0.4, -0.2) is 37.2 Å². The zero-order chi connectivity index (χ0) is 47.9. The molecule has 0 saturated heterocycles. The van der Waals surface area contributed by atoms with Crippen LogP contribution in [0.1, 0.15) is 310 Å². The number of hydrogen-bond donors (Lipinski definition) is 0. The van der Waals surface area contributed by atoms with Gasteiger partial charge in [-0.15, -0.1) is 0 Å². The highest BCUT2D eigenvalue weighted by molar-refractivity contribution is 5.71. The van der Waals surface area contributed by atoms with Gasteiger partial charge in [0, 0.05) is 19.3 Å². The zero-order valence-corrected chi connectivity index (χ0v) is 44.2. The summed E-state index contributed by atoms with van der Waals surface area (Å²) in [5.41, 5.74) is 0. The first kappa shape index (κ1) is 63.6. The van der Waals surface area contributed by atoms with Crippen molar-refractivity contribution in [2.24, 2.45) is 0 Å². The maximum Gasteiger partial charge on any atom is 0.306 e. The quantitative estimate of drug-likeness (QED) is 0.0262. The molecule has 0 unspecified atom stereocenters. The number of allylic oxidation sites excluding steroid dienone is 6. The third kappa shape index (κ3) is 52.6. The topological polar surface area (TPSA) is 78.9 Å². The van der Waals surface area contributed by atoms with E-state index in [2.05, 4.69) is 57.2 Å². The number of unbranched alkanes of at least 4 members (excludes halogenated alkanes) is 36. The smallest absolute Gasteiger partial charge is 0.306 e. The van der Waals surface area contributed by atoms with Gasteiger partial charge in [0.2, 0.25) is 0 Å². The van der Waals surface area contributed by atoms with Gasteiger partial charge in [-0.1, -0.05) is 250 Å². The van der Waals surface area contributed by atoms with Crippen LogP contribution in [-0.2, 0) is 28.6 Å². The van der Waals surface area contributed by atoms with Crippen molar-refractivity contribution >= 4 is 17.9 Å². The molecular formula is C60H110O6. The number of rotatable bonds is 53. The van der Waals surface area contributed by atoms with Crippen molar-refractivity contribution < 1.29 is 28.6 Å². The van der Waals surface area contributed by atoms with Crippen LogP contribution in [0.25, 0.3) is 0 Å². The number of esters is 3. The predicted molar refractivity (Wildman–Crippen MR) is 284 cm³/mol. The van der Waals surface area contributed by atoms with Crippen LogP contribution in [0, 0.1) is 0 Å². The Bertz CT molecular complexity index is 1110. The SMILES string of the molecule is CCCCC/C=C/C/C=C/CCCCCCCCCC(=O)OC[C@@H](COC(=O)CCCCCCC/C=C/CCCCCCC)OC(=O)CCCCCCCCCCCCCCCCCCC. The number of ether oxygens (including phenoxy) is 3. The molecule has 0 aliphatic heterocycles. The number of carbonyl (C=O) groups excluding carboxylic acids is 3. The van der Waals surface area contributed by atoms with Gasteiger partial charge < -0.3 is 14.2 Å². The molecule has 0 amide bonds. The van der Waals surface area contributed by atoms with Crippen molar-refractivity contribution in [3.05, 3.63) is 36.5 Å². The standard InChI is InChI=1S/C60H110O6/c1-4-7-10-13-16-19-22-25-28-30-32-35-38-41-44-47-50-53-59(62)65-56-57(55-64-58(61)52-49-46-43-40-37-34-27-24-21-18-15-12-9-6-3)66-60(63)54-51-48-45-42-39-36-33-31-29-26-23-20-17-14-11-8-5-2/h16,19,24-25,27-28,57H,4-15,17-18,20-23,26,29-56H2,1-3H3/b19-16+,27-24+,28-25+/t57-/m1/s1. The van der Waals surface area contributed by atoms with Crippen LogP contribution >= 0.6 is 0 Å². The lowest BCUT2D eigenvalue weighted by Crippen LogP contribution is -2.30. The average Bonchev–Trinajstić information content (AvgIpc) is 3.31. The lowest BCUT2D eigenvalue weighted by molar-refractivity contribution is -0.167. The Morgan fingerprint density at radius 2 is 0.545 bits per heavy atom. The van der Waals surface area contributed by atoms with Crippen molar-refractivity contribution in [2.75, 3.05) is 13.2 Å². The molecule has 0 heterocycles. The van der Waals surface area contributed by atoms with Gasteiger partial charge in [0.25, 0.3) is 0 Å². The van der Waals surface area contributed by atoms with E-state index in [4.69, 9.17) is 14.2 Å². The lowest BCUT2D eigenvalue weighted by atomic mass is 10.0. The average molecular weight is 928 g/mol. The van der Waals surface area contributed by atoms with E-state index in [0.29, 0.717) is 19.3 Å². The molecule has 0 bridgehead atoms. The minimum absolute atomic E-state index is 0.0755. The maximum absolute atomic E-state index is 12.9. The monoisotopic (exact) mass is 927 g/mol. The molecule has 0 radical (unpaired) electrons. The summed E-state index contributed by atoms with van der Waals surface area (Å²) in [5, 5.41) is 0. The maximum atomic E-state index is 12.9. The van der Waals surface area contributed by atoms with E-state index in [0.717, 1.165) is 77.0 Å². The summed E-state index contributed by atoms with van der Waals surface area (Å²) >= 11 is 0. The van der Waals surface area contributed by atoms with Crippen LogP contribution in [0.5, 0.6) is 0 Å². The van der Waals surface area contributed by atoms with Gasteiger partial charge in [-0.05, 0) is 77.0 Å². The lowest BCUT2D eigenvalue weighted by Gasteiger charge is -2.18. The minimum atomic E-state index is -0.776. The first-order valence-electron chi connectivity index (χ1n) is 29.0. The van der Waals surface area contributed by atoms with E-state index in [1.807, 2.05) is 0 Å². The van der Waals surface area contributed by atoms with Crippen molar-refractivity contribution in [3.8, 4) is 0 Å². The summed E-state index contributed by atoms with van der Waals surface area (Å²) in [6, 6.07) is 0. The highest BCUT2D eigenvalue weighted by atomic mass is 16.6. The third-order valence-corrected chi connectivity index (χ3v) is 12.9. The molecule has 6 nitrogen and oxygen atoms in total. The fourth-order valence-corrected chi connectivity index (χ4v) is 8.47. The minimum Gasteiger partial charge on any atom is -0.462 e. The molecule has 0 N–H and O–H groups in total. The molecule has 0 spiro atoms. The third-order valence-electron chi connectivity index (χ3n) is 12.9. The number of hydrogen-bond acceptors (Lipinski definition) is 6. The van der Waals surface area contributed by atoms with Crippen LogP contribution < -0.4 is 0 Å². The van der Waals surface area contributed by atoms with E-state index in [1.54, 1.807) is 0 Å². The zero-order valence-electron chi connectivity index (χ0n) is 44.2. The summed E-state index contributed by atoms with van der Waals surface area (Å²) < 4.78 is 16.9. The van der Waals surface area contributed by atoms with Crippen LogP contribution in [0.15, 0.2) is 36.5 Å². The molecule has 386 valence electrons. The summed E-state index contributed by atoms with van der Waals surface area (Å²) in [6.45, 7) is 6.63. The van der Waals surface area contributed by atoms with Gasteiger partial charge in [-0.25, -0.2) is 0 Å². The van der Waals surface area contributed by atoms with E-state index in [-0.39, 0.29) is 31.1 Å². The van der Waals surface area contributed by atoms with Crippen LogP contribution in [0.4, 0.5) is 0 Å². The van der Waals surface area contributed by atoms with Crippen LogP contribution in [0.3, 0.4) is 0 Å². The molecule has 0 aromatic rings. The second kappa shape index (κ2) is 55.2. The largest absolute Gasteiger partial charge is 0.462 e. The molecule has 0 aromatic carbocycles. The molecule has 0 saturated carbocycles. The fraction of sp³-hybridized carbons (Fsp3) is 0.850. The Hall–Kier alpha value is -2.37. The first-order valence-corrected chi connectivity index (χ1v) is 29.0. The molecule has 0 rings (SSSR count). The second-order valence-corrected chi connectivity index (χ2v) is 19.6. The van der Waals surface area contributed by atoms with E-state index >= 15 is 0 Å². The van der Waals surface area contributed by atoms with E-state index in [1.165, 1.54) is 193 Å². The predicted octanol–water partition coefficient (Wildman–Crippen LogP) is 19.3. The Balaban J connectivity index is 4.36. The van der Waals surface area contributed by atoms with Gasteiger partial charge in [0.05, 0.1) is 0 Å². The Labute approximate surface area is 410 Å². The molecule has 0 fully saturated rings. The van der Waals surface area contributed by atoms with Gasteiger partial charge in [0.1, 0.15) is 13.2 Å². The van der Waals surface area contributed by atoms with Gasteiger partial charge in [0.15, 0.2) is 6.10 Å². The second-order valence-electron chi connectivity index (χ2n) is 19.6. The molecule has 1 atom stereocenters. The van der Waals surface area contributed by atoms with Crippen molar-refractivity contribution in [1.29, 1.82) is 0 Å². The molecule has 0 aliphatic carbocycles.